The Kier molecular flexibility index (Phi) is 5.03. The maximum Gasteiger partial charge on any atom is 0.229 e. The summed E-state index contributed by atoms with van der Waals surface area (Å²) in [6, 6.07) is 19.2. The van der Waals surface area contributed by atoms with Crippen molar-refractivity contribution in [2.45, 2.75) is 6.61 Å². The Morgan fingerprint density at radius 1 is 1.07 bits per heavy atom. The molecule has 5 nitrogen and oxygen atoms in total. The molecule has 1 aliphatic rings. The number of nitrogens with one attached hydrogen (secondary N) is 1. The van der Waals surface area contributed by atoms with Crippen LogP contribution in [0.3, 0.4) is 0 Å². The molecular weight excluding hydrogens is 386 g/mol. The number of methoxy groups -OCH3 is 1. The molecule has 0 unspecified atom stereocenters. The van der Waals surface area contributed by atoms with Gasteiger partial charge >= 0.3 is 0 Å². The second kappa shape index (κ2) is 7.64. The van der Waals surface area contributed by atoms with Crippen LogP contribution in [0, 0.1) is 0 Å². The van der Waals surface area contributed by atoms with E-state index in [0.29, 0.717) is 23.8 Å². The zero-order chi connectivity index (χ0) is 20.4. The van der Waals surface area contributed by atoms with Crippen LogP contribution in [0.1, 0.15) is 16.7 Å². The van der Waals surface area contributed by atoms with Crippen molar-refractivity contribution in [1.82, 2.24) is 0 Å². The van der Waals surface area contributed by atoms with Gasteiger partial charge in [0.05, 0.1) is 13.4 Å². The third kappa shape index (κ3) is 4.27. The van der Waals surface area contributed by atoms with E-state index in [4.69, 9.17) is 9.47 Å². The molecule has 1 aliphatic heterocycles. The maximum absolute atomic E-state index is 11.5. The van der Waals surface area contributed by atoms with Gasteiger partial charge < -0.3 is 9.47 Å². The molecule has 4 rings (SSSR count). The smallest absolute Gasteiger partial charge is 0.229 e. The van der Waals surface area contributed by atoms with Crippen molar-refractivity contribution >= 4 is 27.9 Å². The third-order valence-corrected chi connectivity index (χ3v) is 5.26. The quantitative estimate of drug-likeness (QED) is 0.722. The van der Waals surface area contributed by atoms with E-state index in [-0.39, 0.29) is 0 Å². The minimum absolute atomic E-state index is 0.466. The van der Waals surface area contributed by atoms with E-state index in [1.54, 1.807) is 19.2 Å². The highest BCUT2D eigenvalue weighted by Gasteiger charge is 2.13. The number of sulfonamides is 1. The topological polar surface area (TPSA) is 64.6 Å². The first-order valence-electron chi connectivity index (χ1n) is 9.12. The molecule has 0 spiro atoms. The zero-order valence-corrected chi connectivity index (χ0v) is 17.0. The van der Waals surface area contributed by atoms with Crippen LogP contribution < -0.4 is 24.6 Å². The first-order chi connectivity index (χ1) is 13.9. The molecule has 29 heavy (non-hydrogen) atoms. The molecular formula is C23H21NO4S. The average Bonchev–Trinajstić information content (AvgIpc) is 2.87. The summed E-state index contributed by atoms with van der Waals surface area (Å²) in [6.07, 6.45) is 5.24. The van der Waals surface area contributed by atoms with E-state index >= 15 is 0 Å². The Morgan fingerprint density at radius 2 is 1.90 bits per heavy atom. The van der Waals surface area contributed by atoms with E-state index < -0.39 is 10.0 Å². The Morgan fingerprint density at radius 3 is 2.69 bits per heavy atom. The highest BCUT2D eigenvalue weighted by Crippen LogP contribution is 2.25. The molecule has 148 valence electrons. The first-order valence-corrected chi connectivity index (χ1v) is 11.0. The van der Waals surface area contributed by atoms with Gasteiger partial charge in [0.1, 0.15) is 6.61 Å². The lowest BCUT2D eigenvalue weighted by atomic mass is 10.1. The molecule has 1 heterocycles. The van der Waals surface area contributed by atoms with Gasteiger partial charge in [-0.1, -0.05) is 42.5 Å². The second-order valence-corrected chi connectivity index (χ2v) is 8.62. The Bertz CT molecular complexity index is 1300. The van der Waals surface area contributed by atoms with Crippen LogP contribution in [0.25, 0.3) is 12.2 Å². The minimum atomic E-state index is -3.34. The van der Waals surface area contributed by atoms with Gasteiger partial charge in [-0.05, 0) is 52.3 Å². The van der Waals surface area contributed by atoms with Crippen LogP contribution in [0.5, 0.6) is 11.5 Å². The molecule has 0 saturated heterocycles. The fraction of sp³-hybridized carbons (Fsp3) is 0.130. The Hall–Kier alpha value is -3.25. The van der Waals surface area contributed by atoms with Crippen LogP contribution >= 0.6 is 0 Å². The highest BCUT2D eigenvalue weighted by atomic mass is 32.2. The molecule has 0 aromatic heterocycles. The van der Waals surface area contributed by atoms with Gasteiger partial charge in [0.15, 0.2) is 11.5 Å². The molecule has 0 atom stereocenters. The Balaban J connectivity index is 1.91. The summed E-state index contributed by atoms with van der Waals surface area (Å²) >= 11 is 0. The third-order valence-electron chi connectivity index (χ3n) is 4.65. The molecule has 0 radical (unpaired) electrons. The van der Waals surface area contributed by atoms with E-state index in [2.05, 4.69) is 16.9 Å². The predicted octanol–water partition coefficient (Wildman–Crippen LogP) is 2.62. The fourth-order valence-electron chi connectivity index (χ4n) is 3.38. The summed E-state index contributed by atoms with van der Waals surface area (Å²) in [5.41, 5.74) is 3.60. The number of ether oxygens (including phenoxy) is 2. The normalized spacial score (nSPS) is 13.4. The number of anilines is 1. The SMILES string of the molecule is COc1ccc(=Cc2cccc(NS(C)(=O)=O)c2)c2c1OCc1ccccc1C=2. The monoisotopic (exact) mass is 407 g/mol. The Labute approximate surface area is 170 Å². The average molecular weight is 407 g/mol. The lowest BCUT2D eigenvalue weighted by molar-refractivity contribution is 0.283. The second-order valence-electron chi connectivity index (χ2n) is 6.88. The van der Waals surface area contributed by atoms with Crippen LogP contribution in [0.15, 0.2) is 60.7 Å². The van der Waals surface area contributed by atoms with Crippen molar-refractivity contribution in [3.05, 3.63) is 87.8 Å². The summed E-state index contributed by atoms with van der Waals surface area (Å²) in [7, 11) is -1.71. The molecule has 0 saturated carbocycles. The maximum atomic E-state index is 11.5. The summed E-state index contributed by atoms with van der Waals surface area (Å²) in [5.74, 6) is 1.37. The van der Waals surface area contributed by atoms with Crippen LogP contribution in [-0.2, 0) is 16.6 Å². The number of hydrogen-bond donors (Lipinski definition) is 1. The van der Waals surface area contributed by atoms with Gasteiger partial charge in [0, 0.05) is 10.9 Å². The first kappa shape index (κ1) is 19.1. The molecule has 6 heteroatoms. The van der Waals surface area contributed by atoms with Crippen LogP contribution in [-0.4, -0.2) is 21.8 Å². The number of hydrogen-bond acceptors (Lipinski definition) is 4. The van der Waals surface area contributed by atoms with Gasteiger partial charge in [0.2, 0.25) is 10.0 Å². The lowest BCUT2D eigenvalue weighted by Gasteiger charge is -2.10. The van der Waals surface area contributed by atoms with Crippen molar-refractivity contribution in [3.63, 3.8) is 0 Å². The number of rotatable bonds is 4. The van der Waals surface area contributed by atoms with Gasteiger partial charge in [-0.15, -0.1) is 0 Å². The standard InChI is InChI=1S/C23H21NO4S/c1-27-22-11-10-18(12-16-6-5-9-20(13-16)24-29(2,25)26)21-14-17-7-3-4-8-19(17)15-28-23(21)22/h3-14,24H,15H2,1-2H3. The van der Waals surface area contributed by atoms with Crippen molar-refractivity contribution in [1.29, 1.82) is 0 Å². The molecule has 0 aliphatic carbocycles. The van der Waals surface area contributed by atoms with E-state index in [0.717, 1.165) is 33.4 Å². The molecule has 0 fully saturated rings. The number of benzene rings is 3. The zero-order valence-electron chi connectivity index (χ0n) is 16.2. The fourth-order valence-corrected chi connectivity index (χ4v) is 3.93. The van der Waals surface area contributed by atoms with Crippen molar-refractivity contribution in [3.8, 4) is 11.5 Å². The minimum Gasteiger partial charge on any atom is -0.493 e. The molecule has 3 aromatic rings. The van der Waals surface area contributed by atoms with E-state index in [1.165, 1.54) is 0 Å². The number of fused-ring (bicyclic) bond motifs is 2. The summed E-state index contributed by atoms with van der Waals surface area (Å²) in [6.45, 7) is 0.466. The highest BCUT2D eigenvalue weighted by molar-refractivity contribution is 7.92. The van der Waals surface area contributed by atoms with E-state index in [1.807, 2.05) is 48.5 Å². The summed E-state index contributed by atoms with van der Waals surface area (Å²) in [5, 5.41) is 1.88. The van der Waals surface area contributed by atoms with Crippen molar-refractivity contribution in [2.24, 2.45) is 0 Å². The van der Waals surface area contributed by atoms with Gasteiger partial charge in [-0.2, -0.15) is 0 Å². The molecule has 0 bridgehead atoms. The van der Waals surface area contributed by atoms with E-state index in [9.17, 15) is 8.42 Å². The molecule has 3 aromatic carbocycles. The van der Waals surface area contributed by atoms with Crippen LogP contribution in [0.4, 0.5) is 5.69 Å². The summed E-state index contributed by atoms with van der Waals surface area (Å²) < 4.78 is 37.2. The largest absolute Gasteiger partial charge is 0.493 e. The lowest BCUT2D eigenvalue weighted by Crippen LogP contribution is -2.26. The van der Waals surface area contributed by atoms with Gasteiger partial charge in [-0.3, -0.25) is 4.72 Å². The molecule has 0 amide bonds. The van der Waals surface area contributed by atoms with Crippen molar-refractivity contribution in [2.75, 3.05) is 18.1 Å². The van der Waals surface area contributed by atoms with Gasteiger partial charge in [0.25, 0.3) is 0 Å². The van der Waals surface area contributed by atoms with Crippen LogP contribution in [0.2, 0.25) is 0 Å². The summed E-state index contributed by atoms with van der Waals surface area (Å²) in [4.78, 5) is 0. The van der Waals surface area contributed by atoms with Gasteiger partial charge in [-0.25, -0.2) is 8.42 Å². The molecule has 1 N–H and O–H groups in total. The van der Waals surface area contributed by atoms with Crippen molar-refractivity contribution < 1.29 is 17.9 Å². The predicted molar refractivity (Wildman–Crippen MR) is 115 cm³/mol.